The maximum absolute atomic E-state index is 13.9. The third kappa shape index (κ3) is 3.55. The topological polar surface area (TPSA) is 55.6 Å². The molecule has 1 aromatic carbocycles. The van der Waals surface area contributed by atoms with Gasteiger partial charge in [-0.25, -0.2) is 13.6 Å². The van der Waals surface area contributed by atoms with Crippen molar-refractivity contribution < 1.29 is 18.3 Å². The quantitative estimate of drug-likeness (QED) is 0.807. The zero-order valence-corrected chi connectivity index (χ0v) is 13.0. The van der Waals surface area contributed by atoms with E-state index in [1.54, 1.807) is 26.8 Å². The van der Waals surface area contributed by atoms with Crippen molar-refractivity contribution in [3.05, 3.63) is 35.4 Å². The molecule has 0 spiro atoms. The van der Waals surface area contributed by atoms with Gasteiger partial charge in [-0.1, -0.05) is 6.08 Å². The van der Waals surface area contributed by atoms with Crippen LogP contribution in [0.25, 0.3) is 5.57 Å². The fourth-order valence-corrected chi connectivity index (χ4v) is 2.22. The lowest BCUT2D eigenvalue weighted by atomic mass is 9.98. The van der Waals surface area contributed by atoms with Crippen molar-refractivity contribution in [2.45, 2.75) is 32.8 Å². The number of amides is 1. The van der Waals surface area contributed by atoms with E-state index in [-0.39, 0.29) is 11.3 Å². The minimum atomic E-state index is -1.03. The van der Waals surface area contributed by atoms with E-state index in [0.29, 0.717) is 25.1 Å². The smallest absolute Gasteiger partial charge is 0.410 e. The minimum absolute atomic E-state index is 0.190. The van der Waals surface area contributed by atoms with Crippen LogP contribution in [-0.2, 0) is 4.74 Å². The Hall–Kier alpha value is -2.11. The standard InChI is InChI=1S/C16H20F2N2O2/c1-16(2,3)22-15(21)20-8-6-10(7-9-20)11-4-5-12(19)14(18)13(11)17/h4-6H,7-9,19H2,1-3H3. The number of rotatable bonds is 1. The van der Waals surface area contributed by atoms with E-state index >= 15 is 0 Å². The third-order valence-corrected chi connectivity index (χ3v) is 3.32. The van der Waals surface area contributed by atoms with E-state index in [1.807, 2.05) is 0 Å². The van der Waals surface area contributed by atoms with Crippen LogP contribution in [0.3, 0.4) is 0 Å². The molecule has 120 valence electrons. The van der Waals surface area contributed by atoms with Crippen LogP contribution in [0.1, 0.15) is 32.8 Å². The van der Waals surface area contributed by atoms with Gasteiger partial charge in [0.05, 0.1) is 5.69 Å². The third-order valence-electron chi connectivity index (χ3n) is 3.32. The summed E-state index contributed by atoms with van der Waals surface area (Å²) in [6.07, 6.45) is 1.73. The second kappa shape index (κ2) is 5.94. The Bertz CT molecular complexity index is 621. The number of carbonyl (C=O) groups excluding carboxylic acids is 1. The number of hydrogen-bond acceptors (Lipinski definition) is 3. The molecular weight excluding hydrogens is 290 g/mol. The van der Waals surface area contributed by atoms with Crippen molar-refractivity contribution in [3.8, 4) is 0 Å². The summed E-state index contributed by atoms with van der Waals surface area (Å²) in [4.78, 5) is 13.5. The summed E-state index contributed by atoms with van der Waals surface area (Å²) in [5, 5.41) is 0. The van der Waals surface area contributed by atoms with Gasteiger partial charge in [0.1, 0.15) is 5.60 Å². The molecular formula is C16H20F2N2O2. The molecule has 0 bridgehead atoms. The maximum atomic E-state index is 13.9. The Kier molecular flexibility index (Phi) is 4.39. The van der Waals surface area contributed by atoms with Crippen LogP contribution in [-0.4, -0.2) is 29.7 Å². The van der Waals surface area contributed by atoms with Gasteiger partial charge in [-0.3, -0.25) is 0 Å². The van der Waals surface area contributed by atoms with Crippen LogP contribution in [0.2, 0.25) is 0 Å². The molecule has 1 aliphatic heterocycles. The Morgan fingerprint density at radius 2 is 1.95 bits per heavy atom. The number of nitrogen functional groups attached to an aromatic ring is 1. The molecule has 1 heterocycles. The van der Waals surface area contributed by atoms with Gasteiger partial charge in [-0.15, -0.1) is 0 Å². The predicted molar refractivity (Wildman–Crippen MR) is 81.2 cm³/mol. The minimum Gasteiger partial charge on any atom is -0.444 e. The number of ether oxygens (including phenoxy) is 1. The molecule has 0 radical (unpaired) electrons. The van der Waals surface area contributed by atoms with E-state index in [2.05, 4.69) is 0 Å². The van der Waals surface area contributed by atoms with Crippen LogP contribution < -0.4 is 5.73 Å². The molecule has 0 saturated carbocycles. The van der Waals surface area contributed by atoms with Crippen LogP contribution in [0.5, 0.6) is 0 Å². The molecule has 0 fully saturated rings. The van der Waals surface area contributed by atoms with Crippen LogP contribution in [0.15, 0.2) is 18.2 Å². The van der Waals surface area contributed by atoms with Gasteiger partial charge < -0.3 is 15.4 Å². The van der Waals surface area contributed by atoms with Gasteiger partial charge in [0.2, 0.25) is 0 Å². The predicted octanol–water partition coefficient (Wildman–Crippen LogP) is 3.57. The Balaban J connectivity index is 2.12. The summed E-state index contributed by atoms with van der Waals surface area (Å²) in [5.74, 6) is -1.98. The molecule has 22 heavy (non-hydrogen) atoms. The van der Waals surface area contributed by atoms with Crippen molar-refractivity contribution in [1.82, 2.24) is 4.90 Å². The second-order valence-corrected chi connectivity index (χ2v) is 6.24. The lowest BCUT2D eigenvalue weighted by Gasteiger charge is -2.29. The van der Waals surface area contributed by atoms with Crippen molar-refractivity contribution in [2.24, 2.45) is 0 Å². The van der Waals surface area contributed by atoms with Crippen molar-refractivity contribution in [1.29, 1.82) is 0 Å². The molecule has 2 rings (SSSR count). The average Bonchev–Trinajstić information content (AvgIpc) is 2.43. The van der Waals surface area contributed by atoms with Gasteiger partial charge in [-0.05, 0) is 44.9 Å². The molecule has 6 heteroatoms. The van der Waals surface area contributed by atoms with Gasteiger partial charge in [-0.2, -0.15) is 0 Å². The zero-order chi connectivity index (χ0) is 16.5. The van der Waals surface area contributed by atoms with Crippen LogP contribution in [0.4, 0.5) is 19.3 Å². The molecule has 1 amide bonds. The van der Waals surface area contributed by atoms with Crippen molar-refractivity contribution in [3.63, 3.8) is 0 Å². The largest absolute Gasteiger partial charge is 0.444 e. The Morgan fingerprint density at radius 3 is 2.50 bits per heavy atom. The highest BCUT2D eigenvalue weighted by Gasteiger charge is 2.25. The number of hydrogen-bond donors (Lipinski definition) is 1. The summed E-state index contributed by atoms with van der Waals surface area (Å²) < 4.78 is 32.7. The van der Waals surface area contributed by atoms with Crippen molar-refractivity contribution in [2.75, 3.05) is 18.8 Å². The zero-order valence-electron chi connectivity index (χ0n) is 13.0. The van der Waals surface area contributed by atoms with E-state index in [1.165, 1.54) is 17.0 Å². The van der Waals surface area contributed by atoms with Crippen LogP contribution >= 0.6 is 0 Å². The lowest BCUT2D eigenvalue weighted by Crippen LogP contribution is -2.39. The number of nitrogens with two attached hydrogens (primary N) is 1. The first-order valence-corrected chi connectivity index (χ1v) is 7.10. The molecule has 1 aliphatic rings. The van der Waals surface area contributed by atoms with Crippen molar-refractivity contribution >= 4 is 17.4 Å². The number of halogens is 2. The van der Waals surface area contributed by atoms with E-state index < -0.39 is 23.3 Å². The van der Waals surface area contributed by atoms with Gasteiger partial charge in [0.25, 0.3) is 0 Å². The summed E-state index contributed by atoms with van der Waals surface area (Å²) in [6.45, 7) is 6.08. The molecule has 0 saturated heterocycles. The van der Waals surface area contributed by atoms with Gasteiger partial charge in [0, 0.05) is 18.7 Å². The molecule has 1 aromatic rings. The maximum Gasteiger partial charge on any atom is 0.410 e. The SMILES string of the molecule is CC(C)(C)OC(=O)N1CC=C(c2ccc(N)c(F)c2F)CC1. The first kappa shape index (κ1) is 16.3. The van der Waals surface area contributed by atoms with Gasteiger partial charge in [0.15, 0.2) is 11.6 Å². The molecule has 4 nitrogen and oxygen atoms in total. The van der Waals surface area contributed by atoms with Gasteiger partial charge >= 0.3 is 6.09 Å². The highest BCUT2D eigenvalue weighted by Crippen LogP contribution is 2.28. The first-order chi connectivity index (χ1) is 10.2. The van der Waals surface area contributed by atoms with E-state index in [0.717, 1.165) is 0 Å². The normalized spacial score (nSPS) is 15.5. The lowest BCUT2D eigenvalue weighted by molar-refractivity contribution is 0.0270. The highest BCUT2D eigenvalue weighted by atomic mass is 19.2. The van der Waals surface area contributed by atoms with Crippen LogP contribution in [0, 0.1) is 11.6 Å². The fourth-order valence-electron chi connectivity index (χ4n) is 2.22. The number of anilines is 1. The highest BCUT2D eigenvalue weighted by molar-refractivity contribution is 5.73. The fraction of sp³-hybridized carbons (Fsp3) is 0.438. The summed E-state index contributed by atoms with van der Waals surface area (Å²) in [6, 6.07) is 2.80. The number of nitrogens with zero attached hydrogens (tertiary/aromatic N) is 1. The monoisotopic (exact) mass is 310 g/mol. The molecule has 0 unspecified atom stereocenters. The summed E-state index contributed by atoms with van der Waals surface area (Å²) in [7, 11) is 0. The molecule has 0 aromatic heterocycles. The number of carbonyl (C=O) groups is 1. The Labute approximate surface area is 128 Å². The first-order valence-electron chi connectivity index (χ1n) is 7.10. The second-order valence-electron chi connectivity index (χ2n) is 6.24. The number of benzene rings is 1. The Morgan fingerprint density at radius 1 is 1.27 bits per heavy atom. The summed E-state index contributed by atoms with van der Waals surface area (Å²) in [5.41, 5.74) is 5.41. The average molecular weight is 310 g/mol. The van der Waals surface area contributed by atoms with E-state index in [9.17, 15) is 13.6 Å². The summed E-state index contributed by atoms with van der Waals surface area (Å²) >= 11 is 0. The molecule has 2 N–H and O–H groups in total. The molecule has 0 atom stereocenters. The molecule has 0 aliphatic carbocycles. The van der Waals surface area contributed by atoms with E-state index in [4.69, 9.17) is 10.5 Å².